The van der Waals surface area contributed by atoms with Crippen LogP contribution in [0, 0.1) is 6.92 Å². The average Bonchev–Trinajstić information content (AvgIpc) is 2.67. The third-order valence-corrected chi connectivity index (χ3v) is 3.91. The zero-order valence-corrected chi connectivity index (χ0v) is 12.0. The van der Waals surface area contributed by atoms with E-state index in [4.69, 9.17) is 11.6 Å². The topological polar surface area (TPSA) is 23.6 Å². The van der Waals surface area contributed by atoms with E-state index in [9.17, 15) is 4.79 Å². The molecule has 0 atom stereocenters. The van der Waals surface area contributed by atoms with E-state index in [1.165, 1.54) is 11.8 Å². The van der Waals surface area contributed by atoms with E-state index in [1.807, 2.05) is 24.0 Å². The van der Waals surface area contributed by atoms with Gasteiger partial charge in [-0.15, -0.1) is 0 Å². The Kier molecular flexibility index (Phi) is 4.48. The van der Waals surface area contributed by atoms with Gasteiger partial charge in [-0.25, -0.2) is 0 Å². The molecule has 1 aliphatic rings. The maximum Gasteiger partial charge on any atom is 0.246 e. The molecule has 4 heteroatoms. The summed E-state index contributed by atoms with van der Waals surface area (Å²) in [5, 5.41) is 0.794. The van der Waals surface area contributed by atoms with Gasteiger partial charge in [-0.3, -0.25) is 4.79 Å². The maximum absolute atomic E-state index is 11.6. The van der Waals surface area contributed by atoms with Gasteiger partial charge in [0.2, 0.25) is 5.91 Å². The summed E-state index contributed by atoms with van der Waals surface area (Å²) in [6.07, 6.45) is 2.36. The molecule has 0 N–H and O–H groups in total. The molecular formula is C15H19ClN2O. The van der Waals surface area contributed by atoms with Crippen LogP contribution in [0.15, 0.2) is 30.9 Å². The maximum atomic E-state index is 11.6. The van der Waals surface area contributed by atoms with Crippen molar-refractivity contribution in [2.24, 2.45) is 0 Å². The van der Waals surface area contributed by atoms with Crippen LogP contribution in [0.2, 0.25) is 5.02 Å². The van der Waals surface area contributed by atoms with Crippen LogP contribution < -0.4 is 4.90 Å². The van der Waals surface area contributed by atoms with E-state index in [0.29, 0.717) is 0 Å². The van der Waals surface area contributed by atoms with Crippen molar-refractivity contribution >= 4 is 23.2 Å². The molecule has 1 aromatic rings. The first-order valence-electron chi connectivity index (χ1n) is 6.54. The molecule has 1 amide bonds. The molecule has 1 fully saturated rings. The second kappa shape index (κ2) is 6.11. The van der Waals surface area contributed by atoms with Crippen LogP contribution in [0.3, 0.4) is 0 Å². The summed E-state index contributed by atoms with van der Waals surface area (Å²) in [6, 6.07) is 6.08. The summed E-state index contributed by atoms with van der Waals surface area (Å²) in [5.74, 6) is 0.0223. The monoisotopic (exact) mass is 278 g/mol. The Hall–Kier alpha value is -1.48. The highest BCUT2D eigenvalue weighted by Gasteiger charge is 2.17. The molecule has 19 heavy (non-hydrogen) atoms. The van der Waals surface area contributed by atoms with Gasteiger partial charge in [0.15, 0.2) is 0 Å². The Balaban J connectivity index is 2.08. The van der Waals surface area contributed by atoms with E-state index in [0.717, 1.165) is 43.2 Å². The molecule has 1 heterocycles. The van der Waals surface area contributed by atoms with Gasteiger partial charge in [-0.1, -0.05) is 18.2 Å². The minimum atomic E-state index is 0.0223. The van der Waals surface area contributed by atoms with Gasteiger partial charge < -0.3 is 9.80 Å². The number of benzene rings is 1. The van der Waals surface area contributed by atoms with E-state index in [2.05, 4.69) is 17.5 Å². The molecule has 1 aliphatic heterocycles. The fraction of sp³-hybridized carbons (Fsp3) is 0.400. The fourth-order valence-corrected chi connectivity index (χ4v) is 2.47. The Morgan fingerprint density at radius 3 is 2.79 bits per heavy atom. The first-order valence-corrected chi connectivity index (χ1v) is 6.92. The number of halogens is 1. The number of carbonyl (C=O) groups is 1. The van der Waals surface area contributed by atoms with Crippen molar-refractivity contribution < 1.29 is 4.79 Å². The SMILES string of the molecule is C=CC(=O)N1CCCN(c2ccc(Cl)c(C)c2)CC1. The normalized spacial score (nSPS) is 16.1. The predicted octanol–water partition coefficient (Wildman–Crippen LogP) is 2.87. The van der Waals surface area contributed by atoms with E-state index >= 15 is 0 Å². The molecule has 2 rings (SSSR count). The second-order valence-corrected chi connectivity index (χ2v) is 5.21. The fourth-order valence-electron chi connectivity index (χ4n) is 2.35. The van der Waals surface area contributed by atoms with Crippen LogP contribution in [0.4, 0.5) is 5.69 Å². The van der Waals surface area contributed by atoms with Crippen molar-refractivity contribution in [2.45, 2.75) is 13.3 Å². The number of rotatable bonds is 2. The lowest BCUT2D eigenvalue weighted by atomic mass is 10.2. The molecule has 0 bridgehead atoms. The van der Waals surface area contributed by atoms with Gasteiger partial charge in [-0.05, 0) is 43.2 Å². The number of anilines is 1. The Morgan fingerprint density at radius 2 is 2.11 bits per heavy atom. The first kappa shape index (κ1) is 13.9. The highest BCUT2D eigenvalue weighted by Crippen LogP contribution is 2.23. The molecule has 3 nitrogen and oxygen atoms in total. The molecule has 1 aromatic carbocycles. The van der Waals surface area contributed by atoms with Crippen LogP contribution in [-0.2, 0) is 4.79 Å². The predicted molar refractivity (Wildman–Crippen MR) is 79.8 cm³/mol. The summed E-state index contributed by atoms with van der Waals surface area (Å²) in [6.45, 7) is 8.91. The minimum Gasteiger partial charge on any atom is -0.370 e. The quantitative estimate of drug-likeness (QED) is 0.777. The molecule has 0 unspecified atom stereocenters. The first-order chi connectivity index (χ1) is 9.11. The zero-order chi connectivity index (χ0) is 13.8. The summed E-state index contributed by atoms with van der Waals surface area (Å²) >= 11 is 6.05. The highest BCUT2D eigenvalue weighted by molar-refractivity contribution is 6.31. The van der Waals surface area contributed by atoms with E-state index < -0.39 is 0 Å². The van der Waals surface area contributed by atoms with Gasteiger partial charge in [0.05, 0.1) is 0 Å². The summed E-state index contributed by atoms with van der Waals surface area (Å²) < 4.78 is 0. The zero-order valence-electron chi connectivity index (χ0n) is 11.2. The largest absolute Gasteiger partial charge is 0.370 e. The minimum absolute atomic E-state index is 0.0223. The summed E-state index contributed by atoms with van der Waals surface area (Å²) in [4.78, 5) is 15.8. The third kappa shape index (κ3) is 3.29. The number of hydrogen-bond donors (Lipinski definition) is 0. The van der Waals surface area contributed by atoms with Crippen LogP contribution in [0.1, 0.15) is 12.0 Å². The van der Waals surface area contributed by atoms with Gasteiger partial charge in [-0.2, -0.15) is 0 Å². The number of aryl methyl sites for hydroxylation is 1. The van der Waals surface area contributed by atoms with Gasteiger partial charge in [0.25, 0.3) is 0 Å². The van der Waals surface area contributed by atoms with Crippen molar-refractivity contribution in [2.75, 3.05) is 31.1 Å². The third-order valence-electron chi connectivity index (χ3n) is 3.49. The summed E-state index contributed by atoms with van der Waals surface area (Å²) in [7, 11) is 0. The molecule has 0 aliphatic carbocycles. The molecule has 0 radical (unpaired) electrons. The van der Waals surface area contributed by atoms with Crippen molar-refractivity contribution in [3.63, 3.8) is 0 Å². The number of amides is 1. The van der Waals surface area contributed by atoms with Crippen LogP contribution in [-0.4, -0.2) is 37.0 Å². The number of carbonyl (C=O) groups excluding carboxylic acids is 1. The molecule has 102 valence electrons. The Morgan fingerprint density at radius 1 is 1.32 bits per heavy atom. The number of hydrogen-bond acceptors (Lipinski definition) is 2. The molecule has 1 saturated heterocycles. The molecule has 0 saturated carbocycles. The Labute approximate surface area is 119 Å². The standard InChI is InChI=1S/C15H19ClN2O/c1-3-15(19)18-8-4-7-17(9-10-18)13-5-6-14(16)12(2)11-13/h3,5-6,11H,1,4,7-10H2,2H3. The smallest absolute Gasteiger partial charge is 0.246 e. The second-order valence-electron chi connectivity index (χ2n) is 4.80. The van der Waals surface area contributed by atoms with E-state index in [1.54, 1.807) is 0 Å². The lowest BCUT2D eigenvalue weighted by Gasteiger charge is -2.23. The van der Waals surface area contributed by atoms with Crippen molar-refractivity contribution in [3.05, 3.63) is 41.4 Å². The van der Waals surface area contributed by atoms with Crippen molar-refractivity contribution in [1.82, 2.24) is 4.90 Å². The molecular weight excluding hydrogens is 260 g/mol. The van der Waals surface area contributed by atoms with Gasteiger partial charge in [0.1, 0.15) is 0 Å². The van der Waals surface area contributed by atoms with Crippen LogP contribution in [0.5, 0.6) is 0 Å². The number of nitrogens with zero attached hydrogens (tertiary/aromatic N) is 2. The lowest BCUT2D eigenvalue weighted by molar-refractivity contribution is -0.125. The summed E-state index contributed by atoms with van der Waals surface area (Å²) in [5.41, 5.74) is 2.26. The lowest BCUT2D eigenvalue weighted by Crippen LogP contribution is -2.34. The highest BCUT2D eigenvalue weighted by atomic mass is 35.5. The van der Waals surface area contributed by atoms with Gasteiger partial charge in [0, 0.05) is 36.9 Å². The average molecular weight is 279 g/mol. The van der Waals surface area contributed by atoms with Crippen LogP contribution >= 0.6 is 11.6 Å². The van der Waals surface area contributed by atoms with Crippen molar-refractivity contribution in [1.29, 1.82) is 0 Å². The van der Waals surface area contributed by atoms with E-state index in [-0.39, 0.29) is 5.91 Å². The molecule has 0 aromatic heterocycles. The Bertz CT molecular complexity index is 487. The molecule has 0 spiro atoms. The van der Waals surface area contributed by atoms with Crippen LogP contribution in [0.25, 0.3) is 0 Å². The van der Waals surface area contributed by atoms with Crippen molar-refractivity contribution in [3.8, 4) is 0 Å². The van der Waals surface area contributed by atoms with Gasteiger partial charge >= 0.3 is 0 Å².